The molecule has 0 radical (unpaired) electrons. The molecule has 1 aliphatic rings. The summed E-state index contributed by atoms with van der Waals surface area (Å²) in [6.07, 6.45) is 0. The lowest BCUT2D eigenvalue weighted by Gasteiger charge is -2.35. The van der Waals surface area contributed by atoms with Crippen LogP contribution in [0.2, 0.25) is 0 Å². The molecule has 3 rings (SSSR count). The maximum absolute atomic E-state index is 5.54. The molecule has 0 aliphatic carbocycles. The third-order valence-electron chi connectivity index (χ3n) is 5.21. The van der Waals surface area contributed by atoms with E-state index in [-0.39, 0.29) is 6.04 Å². The summed E-state index contributed by atoms with van der Waals surface area (Å²) in [5, 5.41) is 7.33. The van der Waals surface area contributed by atoms with E-state index in [1.165, 1.54) is 16.7 Å². The summed E-state index contributed by atoms with van der Waals surface area (Å²) >= 11 is 5.54. The van der Waals surface area contributed by atoms with Crippen LogP contribution in [0.1, 0.15) is 22.7 Å². The zero-order valence-electron chi connectivity index (χ0n) is 16.8. The van der Waals surface area contributed by atoms with Gasteiger partial charge in [-0.1, -0.05) is 18.2 Å². The molecule has 1 heterocycles. The number of thiocarbonyl (C=S) groups is 1. The van der Waals surface area contributed by atoms with Crippen molar-refractivity contribution in [2.75, 3.05) is 45.3 Å². The number of anilines is 1. The number of morpholine rings is 1. The van der Waals surface area contributed by atoms with E-state index < -0.39 is 0 Å². The van der Waals surface area contributed by atoms with Crippen LogP contribution in [-0.4, -0.2) is 50.0 Å². The van der Waals surface area contributed by atoms with E-state index in [2.05, 4.69) is 59.7 Å². The number of methoxy groups -OCH3 is 1. The molecule has 5 nitrogen and oxygen atoms in total. The Morgan fingerprint density at radius 2 is 1.82 bits per heavy atom. The largest absolute Gasteiger partial charge is 0.497 e. The fourth-order valence-corrected chi connectivity index (χ4v) is 3.56. The SMILES string of the molecule is COc1ccc([C@H](CNC(=S)Nc2ccc(C)c(C)c2)N2CCOCC2)cc1. The van der Waals surface area contributed by atoms with E-state index >= 15 is 0 Å². The Bertz CT molecular complexity index is 789. The average molecular weight is 400 g/mol. The quantitative estimate of drug-likeness (QED) is 0.723. The van der Waals surface area contributed by atoms with Crippen molar-refractivity contribution in [3.8, 4) is 5.75 Å². The average Bonchev–Trinajstić information content (AvgIpc) is 2.72. The first kappa shape index (κ1) is 20.6. The number of aryl methyl sites for hydroxylation is 2. The summed E-state index contributed by atoms with van der Waals surface area (Å²) in [7, 11) is 1.69. The third-order valence-corrected chi connectivity index (χ3v) is 5.45. The molecule has 0 amide bonds. The molecule has 0 saturated carbocycles. The molecule has 150 valence electrons. The number of nitrogens with zero attached hydrogens (tertiary/aromatic N) is 1. The number of rotatable bonds is 6. The van der Waals surface area contributed by atoms with E-state index in [1.54, 1.807) is 7.11 Å². The molecule has 2 aromatic rings. The number of ether oxygens (including phenoxy) is 2. The highest BCUT2D eigenvalue weighted by atomic mass is 32.1. The maximum Gasteiger partial charge on any atom is 0.170 e. The van der Waals surface area contributed by atoms with Crippen molar-refractivity contribution < 1.29 is 9.47 Å². The second-order valence-electron chi connectivity index (χ2n) is 7.07. The van der Waals surface area contributed by atoms with Crippen molar-refractivity contribution >= 4 is 23.0 Å². The molecule has 0 spiro atoms. The molecule has 0 aromatic heterocycles. The minimum atomic E-state index is 0.217. The molecule has 1 aliphatic heterocycles. The van der Waals surface area contributed by atoms with Gasteiger partial charge < -0.3 is 20.1 Å². The minimum absolute atomic E-state index is 0.217. The van der Waals surface area contributed by atoms with Gasteiger partial charge in [0.05, 0.1) is 26.4 Å². The van der Waals surface area contributed by atoms with Crippen LogP contribution < -0.4 is 15.4 Å². The fraction of sp³-hybridized carbons (Fsp3) is 0.409. The molecule has 2 aromatic carbocycles. The molecule has 0 unspecified atom stereocenters. The van der Waals surface area contributed by atoms with Crippen LogP contribution >= 0.6 is 12.2 Å². The van der Waals surface area contributed by atoms with Crippen molar-refractivity contribution in [2.45, 2.75) is 19.9 Å². The smallest absolute Gasteiger partial charge is 0.170 e. The Balaban J connectivity index is 1.66. The zero-order valence-corrected chi connectivity index (χ0v) is 17.6. The van der Waals surface area contributed by atoms with Gasteiger partial charge in [-0.2, -0.15) is 0 Å². The Morgan fingerprint density at radius 1 is 1.11 bits per heavy atom. The standard InChI is InChI=1S/C22H29N3O2S/c1-16-4-7-19(14-17(16)2)24-22(28)23-15-21(25-10-12-27-13-11-25)18-5-8-20(26-3)9-6-18/h4-9,14,21H,10-13,15H2,1-3H3,(H2,23,24,28)/t21-/m0/s1. The van der Waals surface area contributed by atoms with Crippen LogP contribution in [0, 0.1) is 13.8 Å². The van der Waals surface area contributed by atoms with Gasteiger partial charge in [0.1, 0.15) is 5.75 Å². The molecule has 1 atom stereocenters. The number of nitrogens with one attached hydrogen (secondary N) is 2. The number of hydrogen-bond donors (Lipinski definition) is 2. The van der Waals surface area contributed by atoms with Crippen LogP contribution in [0.5, 0.6) is 5.75 Å². The van der Waals surface area contributed by atoms with E-state index in [9.17, 15) is 0 Å². The first-order valence-electron chi connectivity index (χ1n) is 9.64. The van der Waals surface area contributed by atoms with E-state index in [1.807, 2.05) is 12.1 Å². The van der Waals surface area contributed by atoms with Crippen molar-refractivity contribution in [1.82, 2.24) is 10.2 Å². The summed E-state index contributed by atoms with van der Waals surface area (Å²) in [6, 6.07) is 14.8. The van der Waals surface area contributed by atoms with Gasteiger partial charge in [-0.3, -0.25) is 4.90 Å². The van der Waals surface area contributed by atoms with Crippen molar-refractivity contribution in [2.24, 2.45) is 0 Å². The summed E-state index contributed by atoms with van der Waals surface area (Å²) in [4.78, 5) is 2.44. The number of hydrogen-bond acceptors (Lipinski definition) is 4. The molecular formula is C22H29N3O2S. The van der Waals surface area contributed by atoms with Gasteiger partial charge in [0.25, 0.3) is 0 Å². The van der Waals surface area contributed by atoms with Gasteiger partial charge in [0, 0.05) is 25.3 Å². The van der Waals surface area contributed by atoms with Gasteiger partial charge in [-0.25, -0.2) is 0 Å². The Labute approximate surface area is 173 Å². The predicted molar refractivity (Wildman–Crippen MR) is 118 cm³/mol. The van der Waals surface area contributed by atoms with Gasteiger partial charge in [0.15, 0.2) is 5.11 Å². The van der Waals surface area contributed by atoms with E-state index in [4.69, 9.17) is 21.7 Å². The molecule has 2 N–H and O–H groups in total. The van der Waals surface area contributed by atoms with Crippen molar-refractivity contribution in [3.05, 3.63) is 59.2 Å². The summed E-state index contributed by atoms with van der Waals surface area (Å²) in [5.74, 6) is 0.865. The number of benzene rings is 2. The first-order valence-corrected chi connectivity index (χ1v) is 10.1. The normalized spacial score (nSPS) is 15.7. The van der Waals surface area contributed by atoms with Crippen molar-refractivity contribution in [3.63, 3.8) is 0 Å². The Morgan fingerprint density at radius 3 is 2.46 bits per heavy atom. The van der Waals surface area contributed by atoms with Gasteiger partial charge in [-0.05, 0) is 67.0 Å². The van der Waals surface area contributed by atoms with E-state index in [0.717, 1.165) is 44.3 Å². The molecule has 28 heavy (non-hydrogen) atoms. The second kappa shape index (κ2) is 9.87. The summed E-state index contributed by atoms with van der Waals surface area (Å²) in [5.41, 5.74) is 4.77. The molecule has 1 saturated heterocycles. The van der Waals surface area contributed by atoms with Crippen LogP contribution in [0.25, 0.3) is 0 Å². The van der Waals surface area contributed by atoms with Crippen LogP contribution in [0.3, 0.4) is 0 Å². The Hall–Kier alpha value is -2.15. The van der Waals surface area contributed by atoms with Gasteiger partial charge >= 0.3 is 0 Å². The molecular weight excluding hydrogens is 370 g/mol. The van der Waals surface area contributed by atoms with Crippen LogP contribution in [0.4, 0.5) is 5.69 Å². The maximum atomic E-state index is 5.54. The lowest BCUT2D eigenvalue weighted by Crippen LogP contribution is -2.44. The predicted octanol–water partition coefficient (Wildman–Crippen LogP) is 3.67. The van der Waals surface area contributed by atoms with Crippen molar-refractivity contribution in [1.29, 1.82) is 0 Å². The molecule has 0 bridgehead atoms. The monoisotopic (exact) mass is 399 g/mol. The lowest BCUT2D eigenvalue weighted by molar-refractivity contribution is 0.0170. The summed E-state index contributed by atoms with van der Waals surface area (Å²) in [6.45, 7) is 8.29. The highest BCUT2D eigenvalue weighted by molar-refractivity contribution is 7.80. The zero-order chi connectivity index (χ0) is 19.9. The third kappa shape index (κ3) is 5.44. The van der Waals surface area contributed by atoms with Crippen LogP contribution in [-0.2, 0) is 4.74 Å². The highest BCUT2D eigenvalue weighted by Crippen LogP contribution is 2.24. The summed E-state index contributed by atoms with van der Waals surface area (Å²) < 4.78 is 10.8. The lowest BCUT2D eigenvalue weighted by atomic mass is 10.0. The van der Waals surface area contributed by atoms with Gasteiger partial charge in [0.2, 0.25) is 0 Å². The second-order valence-corrected chi connectivity index (χ2v) is 7.48. The van der Waals surface area contributed by atoms with Gasteiger partial charge in [-0.15, -0.1) is 0 Å². The molecule has 1 fully saturated rings. The minimum Gasteiger partial charge on any atom is -0.497 e. The van der Waals surface area contributed by atoms with Crippen LogP contribution in [0.15, 0.2) is 42.5 Å². The van der Waals surface area contributed by atoms with E-state index in [0.29, 0.717) is 5.11 Å². The topological polar surface area (TPSA) is 45.8 Å². The Kier molecular flexibility index (Phi) is 7.25. The fourth-order valence-electron chi connectivity index (χ4n) is 3.36. The highest BCUT2D eigenvalue weighted by Gasteiger charge is 2.23. The first-order chi connectivity index (χ1) is 13.6. The molecule has 6 heteroatoms.